The molecule has 0 aliphatic carbocycles. The van der Waals surface area contributed by atoms with Crippen molar-refractivity contribution in [2.24, 2.45) is 0 Å². The summed E-state index contributed by atoms with van der Waals surface area (Å²) < 4.78 is 0.787. The monoisotopic (exact) mass is 308 g/mol. The minimum atomic E-state index is -0.573. The van der Waals surface area contributed by atoms with Gasteiger partial charge in [-0.05, 0) is 35.0 Å². The maximum atomic E-state index is 11.5. The normalized spacial score (nSPS) is 13.3. The van der Waals surface area contributed by atoms with Crippen LogP contribution in [0.1, 0.15) is 17.3 Å². The Morgan fingerprint density at radius 3 is 2.72 bits per heavy atom. The number of benzene rings is 1. The summed E-state index contributed by atoms with van der Waals surface area (Å²) >= 11 is 3.43. The van der Waals surface area contributed by atoms with Gasteiger partial charge < -0.3 is 10.2 Å². The van der Waals surface area contributed by atoms with Crippen molar-refractivity contribution < 1.29 is 9.59 Å². The molecular formula is C13H13BrN2O2. The first-order chi connectivity index (χ1) is 8.40. The maximum Gasteiger partial charge on any atom is 0.296 e. The van der Waals surface area contributed by atoms with E-state index in [-0.39, 0.29) is 0 Å². The molecule has 1 aromatic rings. The lowest BCUT2D eigenvalue weighted by Crippen LogP contribution is -2.19. The second-order valence-corrected chi connectivity index (χ2v) is 5.30. The molecule has 4 nitrogen and oxygen atoms in total. The lowest BCUT2D eigenvalue weighted by atomic mass is 10.1. The van der Waals surface area contributed by atoms with Gasteiger partial charge in [-0.3, -0.25) is 9.59 Å². The Hall–Kier alpha value is -1.62. The number of nitrogens with one attached hydrogen (secondary N) is 1. The first-order valence-corrected chi connectivity index (χ1v) is 6.24. The van der Waals surface area contributed by atoms with E-state index in [9.17, 15) is 9.59 Å². The number of rotatable bonds is 3. The number of hydrogen-bond acceptors (Lipinski definition) is 3. The third kappa shape index (κ3) is 2.18. The van der Waals surface area contributed by atoms with Gasteiger partial charge in [0, 0.05) is 18.1 Å². The number of hydrogen-bond donors (Lipinski definition) is 1. The van der Waals surface area contributed by atoms with Gasteiger partial charge >= 0.3 is 0 Å². The lowest BCUT2D eigenvalue weighted by molar-refractivity contribution is -0.112. The smallest absolute Gasteiger partial charge is 0.296 e. The molecule has 0 radical (unpaired) electrons. The number of anilines is 2. The Morgan fingerprint density at radius 2 is 2.11 bits per heavy atom. The molecule has 94 valence electrons. The molecule has 1 aliphatic rings. The molecule has 1 amide bonds. The average molecular weight is 309 g/mol. The van der Waals surface area contributed by atoms with E-state index in [0.29, 0.717) is 17.8 Å². The highest BCUT2D eigenvalue weighted by atomic mass is 79.9. The van der Waals surface area contributed by atoms with Gasteiger partial charge in [-0.15, -0.1) is 0 Å². The summed E-state index contributed by atoms with van der Waals surface area (Å²) in [4.78, 5) is 24.8. The van der Waals surface area contributed by atoms with Crippen molar-refractivity contribution >= 4 is 39.0 Å². The molecule has 0 atom stereocenters. The molecule has 1 aliphatic heterocycles. The molecule has 0 saturated carbocycles. The number of amides is 1. The van der Waals surface area contributed by atoms with Gasteiger partial charge in [0.05, 0.1) is 16.9 Å². The van der Waals surface area contributed by atoms with Crippen LogP contribution in [0.25, 0.3) is 0 Å². The van der Waals surface area contributed by atoms with Crippen LogP contribution in [0.3, 0.4) is 0 Å². The van der Waals surface area contributed by atoms with Crippen LogP contribution < -0.4 is 10.2 Å². The number of carbonyl (C=O) groups is 2. The van der Waals surface area contributed by atoms with Gasteiger partial charge in [-0.2, -0.15) is 0 Å². The van der Waals surface area contributed by atoms with Crippen molar-refractivity contribution in [3.05, 3.63) is 34.3 Å². The largest absolute Gasteiger partial charge is 0.370 e. The Balaban J connectivity index is 2.41. The Kier molecular flexibility index (Phi) is 3.26. The third-order valence-corrected chi connectivity index (χ3v) is 3.34. The van der Waals surface area contributed by atoms with E-state index in [2.05, 4.69) is 27.8 Å². The van der Waals surface area contributed by atoms with E-state index >= 15 is 0 Å². The number of carbonyl (C=O) groups excluding carboxylic acids is 2. The number of Topliss-reactive ketones (excluding diaryl/α,β-unsaturated/α-hetero) is 1. The summed E-state index contributed by atoms with van der Waals surface area (Å²) in [6.45, 7) is 6.52. The van der Waals surface area contributed by atoms with Crippen LogP contribution in [0.15, 0.2) is 28.8 Å². The number of fused-ring (bicyclic) bond motifs is 1. The van der Waals surface area contributed by atoms with Crippen molar-refractivity contribution in [1.82, 2.24) is 0 Å². The molecule has 0 spiro atoms. The molecule has 18 heavy (non-hydrogen) atoms. The molecule has 0 aromatic heterocycles. The van der Waals surface area contributed by atoms with Gasteiger partial charge in [0.2, 0.25) is 0 Å². The van der Waals surface area contributed by atoms with E-state index in [4.69, 9.17) is 0 Å². The highest BCUT2D eigenvalue weighted by Crippen LogP contribution is 2.34. The van der Waals surface area contributed by atoms with E-state index in [1.807, 2.05) is 18.9 Å². The standard InChI is InChI=1S/C13H13BrN2O2/c1-7(2)6-16(3)11-5-10-8(4-9(11)14)12(17)13(18)15-10/h4-5H,1,6H2,2-3H3,(H,15,17,18). The van der Waals surface area contributed by atoms with Crippen molar-refractivity contribution in [3.8, 4) is 0 Å². The molecule has 1 heterocycles. The molecule has 0 bridgehead atoms. The highest BCUT2D eigenvalue weighted by Gasteiger charge is 2.29. The van der Waals surface area contributed by atoms with Crippen molar-refractivity contribution in [2.45, 2.75) is 6.92 Å². The predicted octanol–water partition coefficient (Wildman–Crippen LogP) is 2.60. The maximum absolute atomic E-state index is 11.5. The highest BCUT2D eigenvalue weighted by molar-refractivity contribution is 9.10. The number of nitrogens with zero attached hydrogens (tertiary/aromatic N) is 1. The second kappa shape index (κ2) is 4.57. The number of likely N-dealkylation sites (N-methyl/N-ethyl adjacent to an activating group) is 1. The van der Waals surface area contributed by atoms with Crippen LogP contribution in [0.2, 0.25) is 0 Å². The quantitative estimate of drug-likeness (QED) is 0.690. The molecule has 0 unspecified atom stereocenters. The molecule has 5 heteroatoms. The van der Waals surface area contributed by atoms with Gasteiger partial charge in [-0.1, -0.05) is 12.2 Å². The Bertz CT molecular complexity index is 566. The van der Waals surface area contributed by atoms with Crippen LogP contribution >= 0.6 is 15.9 Å². The summed E-state index contributed by atoms with van der Waals surface area (Å²) in [5.74, 6) is -1.06. The Labute approximate surface area is 114 Å². The van der Waals surface area contributed by atoms with Crippen LogP contribution in [0.4, 0.5) is 11.4 Å². The first kappa shape index (κ1) is 12.8. The minimum absolute atomic E-state index is 0.416. The topological polar surface area (TPSA) is 49.4 Å². The third-order valence-electron chi connectivity index (χ3n) is 2.70. The van der Waals surface area contributed by atoms with Crippen molar-refractivity contribution in [3.63, 3.8) is 0 Å². The number of halogens is 1. The molecule has 0 saturated heterocycles. The van der Waals surface area contributed by atoms with Crippen LogP contribution in [-0.2, 0) is 4.79 Å². The van der Waals surface area contributed by atoms with E-state index in [0.717, 1.165) is 15.7 Å². The fourth-order valence-electron chi connectivity index (χ4n) is 1.94. The number of ketones is 1. The fraction of sp³-hybridized carbons (Fsp3) is 0.231. The molecular weight excluding hydrogens is 296 g/mol. The Morgan fingerprint density at radius 1 is 1.44 bits per heavy atom. The summed E-state index contributed by atoms with van der Waals surface area (Å²) in [7, 11) is 1.93. The zero-order chi connectivity index (χ0) is 13.4. The fourth-order valence-corrected chi connectivity index (χ4v) is 2.58. The summed E-state index contributed by atoms with van der Waals surface area (Å²) in [6.07, 6.45) is 0. The SMILES string of the molecule is C=C(C)CN(C)c1cc2c(cc1Br)C(=O)C(=O)N2. The van der Waals surface area contributed by atoms with Crippen molar-refractivity contribution in [2.75, 3.05) is 23.8 Å². The minimum Gasteiger partial charge on any atom is -0.370 e. The van der Waals surface area contributed by atoms with Crippen LogP contribution in [0.5, 0.6) is 0 Å². The first-order valence-electron chi connectivity index (χ1n) is 5.45. The summed E-state index contributed by atoms with van der Waals surface area (Å²) in [6, 6.07) is 3.48. The zero-order valence-electron chi connectivity index (χ0n) is 10.2. The van der Waals surface area contributed by atoms with Gasteiger partial charge in [0.25, 0.3) is 11.7 Å². The van der Waals surface area contributed by atoms with Gasteiger partial charge in [0.1, 0.15) is 0 Å². The van der Waals surface area contributed by atoms with E-state index < -0.39 is 11.7 Å². The molecule has 0 fully saturated rings. The van der Waals surface area contributed by atoms with Crippen LogP contribution in [-0.4, -0.2) is 25.3 Å². The average Bonchev–Trinajstić information content (AvgIpc) is 2.53. The van der Waals surface area contributed by atoms with Crippen molar-refractivity contribution in [1.29, 1.82) is 0 Å². The lowest BCUT2D eigenvalue weighted by Gasteiger charge is -2.21. The molecule has 1 N–H and O–H groups in total. The molecule has 1 aromatic carbocycles. The van der Waals surface area contributed by atoms with Gasteiger partial charge in [0.15, 0.2) is 0 Å². The predicted molar refractivity (Wildman–Crippen MR) is 75.2 cm³/mol. The summed E-state index contributed by atoms with van der Waals surface area (Å²) in [5.41, 5.74) is 2.92. The molecule has 2 rings (SSSR count). The summed E-state index contributed by atoms with van der Waals surface area (Å²) in [5, 5.41) is 2.56. The second-order valence-electron chi connectivity index (χ2n) is 4.45. The zero-order valence-corrected chi connectivity index (χ0v) is 11.8. The van der Waals surface area contributed by atoms with E-state index in [1.54, 1.807) is 12.1 Å². The van der Waals surface area contributed by atoms with Crippen LogP contribution in [0, 0.1) is 0 Å². The van der Waals surface area contributed by atoms with Gasteiger partial charge in [-0.25, -0.2) is 0 Å². The van der Waals surface area contributed by atoms with E-state index in [1.165, 1.54) is 0 Å².